The lowest BCUT2D eigenvalue weighted by Crippen LogP contribution is -2.81. The number of carboxylic acids is 1. The molecule has 218 valence electrons. The topological polar surface area (TPSA) is 97.7 Å². The van der Waals surface area contributed by atoms with Gasteiger partial charge in [0.1, 0.15) is 17.5 Å². The molecule has 5 fully saturated rings. The third-order valence-electron chi connectivity index (χ3n) is 11.7. The number of methoxy groups -OCH3 is 1. The van der Waals surface area contributed by atoms with Crippen LogP contribution in [0.15, 0.2) is 36.4 Å². The van der Waals surface area contributed by atoms with Crippen molar-refractivity contribution in [3.05, 3.63) is 53.1 Å². The van der Waals surface area contributed by atoms with E-state index in [2.05, 4.69) is 11.0 Å². The standard InChI is InChI=1S/C33H39NO7/c1-38-33-11-10-31(15-23(33)18-39-17-21-4-7-24(8-5-21)40-19-27(36)37)26-14-22-6-9-25(35)29-28(22)32(31,30(33)41-29)12-13-34(26)16-20-2-3-20/h4-9,20,23,26,30,35H,2-3,10-19H2,1H3,(H,36,37)/t23-,26-,30-,31-,32+,33-/m1/s1. The number of carboxylic acid groups (broad SMARTS) is 1. The predicted octanol–water partition coefficient (Wildman–Crippen LogP) is 4.30. The van der Waals surface area contributed by atoms with Gasteiger partial charge in [-0.3, -0.25) is 4.90 Å². The second-order valence-electron chi connectivity index (χ2n) is 13.4. The number of phenols is 1. The normalized spacial score (nSPS) is 36.1. The summed E-state index contributed by atoms with van der Waals surface area (Å²) in [5.41, 5.74) is 3.14. The highest BCUT2D eigenvalue weighted by molar-refractivity contribution is 5.68. The van der Waals surface area contributed by atoms with Crippen LogP contribution >= 0.6 is 0 Å². The summed E-state index contributed by atoms with van der Waals surface area (Å²) in [6, 6.07) is 11.9. The van der Waals surface area contributed by atoms with Gasteiger partial charge in [-0.1, -0.05) is 18.2 Å². The van der Waals surface area contributed by atoms with Crippen molar-refractivity contribution in [3.8, 4) is 17.2 Å². The Balaban J connectivity index is 1.10. The van der Waals surface area contributed by atoms with Gasteiger partial charge in [0.05, 0.1) is 13.2 Å². The van der Waals surface area contributed by atoms with E-state index in [9.17, 15) is 9.90 Å². The molecule has 0 unspecified atom stereocenters. The van der Waals surface area contributed by atoms with Gasteiger partial charge in [0.25, 0.3) is 0 Å². The lowest BCUT2D eigenvalue weighted by Gasteiger charge is -2.74. The maximum atomic E-state index is 11.0. The molecule has 0 radical (unpaired) electrons. The van der Waals surface area contributed by atoms with Crippen molar-refractivity contribution in [1.82, 2.24) is 4.90 Å². The first-order chi connectivity index (χ1) is 19.9. The molecule has 9 rings (SSSR count). The minimum absolute atomic E-state index is 0.0777. The molecule has 8 nitrogen and oxygen atoms in total. The maximum absolute atomic E-state index is 11.0. The van der Waals surface area contributed by atoms with E-state index in [0.29, 0.717) is 30.8 Å². The van der Waals surface area contributed by atoms with Gasteiger partial charge in [0.2, 0.25) is 0 Å². The van der Waals surface area contributed by atoms with Gasteiger partial charge in [-0.2, -0.15) is 0 Å². The molecule has 6 atom stereocenters. The summed E-state index contributed by atoms with van der Waals surface area (Å²) in [5.74, 6) is 1.53. The number of nitrogens with zero attached hydrogens (tertiary/aromatic N) is 1. The van der Waals surface area contributed by atoms with E-state index in [0.717, 1.165) is 50.1 Å². The Morgan fingerprint density at radius 2 is 1.95 bits per heavy atom. The average molecular weight is 562 g/mol. The summed E-state index contributed by atoms with van der Waals surface area (Å²) in [6.45, 7) is 2.97. The van der Waals surface area contributed by atoms with Crippen LogP contribution in [0, 0.1) is 17.3 Å². The van der Waals surface area contributed by atoms with Crippen molar-refractivity contribution in [2.45, 2.75) is 74.7 Å². The summed E-state index contributed by atoms with van der Waals surface area (Å²) >= 11 is 0. The zero-order chi connectivity index (χ0) is 28.0. The fourth-order valence-electron chi connectivity index (χ4n) is 9.89. The number of phenolic OH excluding ortho intramolecular Hbond substituents is 1. The average Bonchev–Trinajstić information content (AvgIpc) is 3.72. The number of aromatic hydroxyl groups is 1. The van der Waals surface area contributed by atoms with Crippen molar-refractivity contribution in [2.24, 2.45) is 17.3 Å². The number of piperidine rings is 1. The van der Waals surface area contributed by atoms with Gasteiger partial charge in [0.15, 0.2) is 18.1 Å². The monoisotopic (exact) mass is 561 g/mol. The molecule has 2 aromatic carbocycles. The molecule has 2 aromatic rings. The maximum Gasteiger partial charge on any atom is 0.341 e. The van der Waals surface area contributed by atoms with Gasteiger partial charge >= 0.3 is 5.97 Å². The molecule has 0 amide bonds. The van der Waals surface area contributed by atoms with Crippen LogP contribution in [0.4, 0.5) is 0 Å². The van der Waals surface area contributed by atoms with Crippen LogP contribution in [0.2, 0.25) is 0 Å². The zero-order valence-corrected chi connectivity index (χ0v) is 23.6. The Morgan fingerprint density at radius 3 is 2.71 bits per heavy atom. The molecule has 2 aliphatic heterocycles. The van der Waals surface area contributed by atoms with E-state index >= 15 is 0 Å². The van der Waals surface area contributed by atoms with Crippen molar-refractivity contribution in [2.75, 3.05) is 33.4 Å². The third-order valence-corrected chi connectivity index (χ3v) is 11.7. The highest BCUT2D eigenvalue weighted by Crippen LogP contribution is 2.76. The summed E-state index contributed by atoms with van der Waals surface area (Å²) < 4.78 is 25.1. The van der Waals surface area contributed by atoms with Crippen LogP contribution in [0.1, 0.15) is 55.2 Å². The van der Waals surface area contributed by atoms with Crippen LogP contribution in [0.3, 0.4) is 0 Å². The molecule has 0 aromatic heterocycles. The fourth-order valence-corrected chi connectivity index (χ4v) is 9.89. The summed E-state index contributed by atoms with van der Waals surface area (Å²) in [7, 11) is 1.84. The molecular weight excluding hydrogens is 522 g/mol. The molecule has 2 N–H and O–H groups in total. The Morgan fingerprint density at radius 1 is 1.12 bits per heavy atom. The highest BCUT2D eigenvalue weighted by atomic mass is 16.6. The first-order valence-electron chi connectivity index (χ1n) is 15.2. The Hall–Kier alpha value is -2.81. The molecule has 41 heavy (non-hydrogen) atoms. The van der Waals surface area contributed by atoms with E-state index in [4.69, 9.17) is 24.1 Å². The number of hydrogen-bond acceptors (Lipinski definition) is 7. The Bertz CT molecular complexity index is 1370. The number of fused-ring (bicyclic) bond motifs is 2. The number of benzene rings is 2. The van der Waals surface area contributed by atoms with E-state index in [1.165, 1.54) is 30.5 Å². The van der Waals surface area contributed by atoms with E-state index in [-0.39, 0.29) is 35.2 Å². The molecule has 2 heterocycles. The molecule has 2 spiro atoms. The Labute approximate surface area is 240 Å². The molecule has 4 bridgehead atoms. The molecular formula is C33H39NO7. The fraction of sp³-hybridized carbons (Fsp3) is 0.606. The van der Waals surface area contributed by atoms with Crippen LogP contribution < -0.4 is 9.47 Å². The lowest BCUT2D eigenvalue weighted by atomic mass is 9.35. The van der Waals surface area contributed by atoms with Gasteiger partial charge in [-0.25, -0.2) is 4.79 Å². The predicted molar refractivity (Wildman–Crippen MR) is 149 cm³/mol. The zero-order valence-electron chi connectivity index (χ0n) is 23.6. The third kappa shape index (κ3) is 3.53. The summed E-state index contributed by atoms with van der Waals surface area (Å²) in [5, 5.41) is 19.9. The van der Waals surface area contributed by atoms with Crippen molar-refractivity contribution >= 4 is 5.97 Å². The lowest BCUT2D eigenvalue weighted by molar-refractivity contribution is -0.283. The van der Waals surface area contributed by atoms with Gasteiger partial charge < -0.3 is 29.2 Å². The van der Waals surface area contributed by atoms with Crippen molar-refractivity contribution < 1.29 is 34.0 Å². The highest BCUT2D eigenvalue weighted by Gasteiger charge is 2.80. The largest absolute Gasteiger partial charge is 0.504 e. The molecule has 7 aliphatic rings. The van der Waals surface area contributed by atoms with Crippen LogP contribution in [-0.4, -0.2) is 72.2 Å². The van der Waals surface area contributed by atoms with Gasteiger partial charge in [0, 0.05) is 42.0 Å². The first kappa shape index (κ1) is 25.9. The quantitative estimate of drug-likeness (QED) is 0.443. The first-order valence-corrected chi connectivity index (χ1v) is 15.2. The second kappa shape index (κ2) is 9.09. The van der Waals surface area contributed by atoms with Crippen LogP contribution in [-0.2, 0) is 32.7 Å². The minimum atomic E-state index is -0.994. The molecule has 1 saturated heterocycles. The van der Waals surface area contributed by atoms with Crippen LogP contribution in [0.5, 0.6) is 17.2 Å². The van der Waals surface area contributed by atoms with E-state index in [1.807, 2.05) is 25.3 Å². The summed E-state index contributed by atoms with van der Waals surface area (Å²) in [4.78, 5) is 13.6. The molecule has 4 saturated carbocycles. The summed E-state index contributed by atoms with van der Waals surface area (Å²) in [6.07, 6.45) is 7.77. The van der Waals surface area contributed by atoms with Crippen molar-refractivity contribution in [3.63, 3.8) is 0 Å². The smallest absolute Gasteiger partial charge is 0.341 e. The van der Waals surface area contributed by atoms with Gasteiger partial charge in [-0.15, -0.1) is 0 Å². The Kier molecular flexibility index (Phi) is 5.74. The number of rotatable bonds is 10. The second-order valence-corrected chi connectivity index (χ2v) is 13.4. The minimum Gasteiger partial charge on any atom is -0.504 e. The number of hydrogen-bond donors (Lipinski definition) is 2. The SMILES string of the molecule is CO[C@]12CC[C@@]3(C[C@@H]1COCc1ccc(OCC(=O)O)cc1)[C@H]1Cc4ccc(O)c5c4[C@@]3(CCN1CC1CC1)[C@H]2O5. The van der Waals surface area contributed by atoms with Crippen LogP contribution in [0.25, 0.3) is 0 Å². The van der Waals surface area contributed by atoms with E-state index < -0.39 is 11.6 Å². The van der Waals surface area contributed by atoms with E-state index in [1.54, 1.807) is 12.1 Å². The van der Waals surface area contributed by atoms with Gasteiger partial charge in [-0.05, 0) is 86.7 Å². The molecule has 5 aliphatic carbocycles. The molecule has 8 heteroatoms. The number of ether oxygens (including phenoxy) is 4. The van der Waals surface area contributed by atoms with Crippen molar-refractivity contribution in [1.29, 1.82) is 0 Å². The number of carbonyl (C=O) groups is 1. The number of likely N-dealkylation sites (tertiary alicyclic amines) is 1. The number of aliphatic carboxylic acids is 1.